The van der Waals surface area contributed by atoms with Crippen LogP contribution in [-0.2, 0) is 0 Å². The molecule has 0 amide bonds. The van der Waals surface area contributed by atoms with Crippen LogP contribution in [0.4, 0.5) is 0 Å². The second kappa shape index (κ2) is 5.22. The Labute approximate surface area is 108 Å². The summed E-state index contributed by atoms with van der Waals surface area (Å²) in [7, 11) is 0. The van der Waals surface area contributed by atoms with Gasteiger partial charge in [0.2, 0.25) is 0 Å². The van der Waals surface area contributed by atoms with Crippen LogP contribution in [0.3, 0.4) is 0 Å². The van der Waals surface area contributed by atoms with Crippen molar-refractivity contribution in [3.05, 3.63) is 60.7 Å². The fraction of sp³-hybridized carbons (Fsp3) is 0.222. The molecule has 0 nitrogen and oxygen atoms in total. The molecule has 0 spiro atoms. The second-order valence-corrected chi connectivity index (χ2v) is 4.96. The molecule has 0 radical (unpaired) electrons. The van der Waals surface area contributed by atoms with Crippen LogP contribution in [0.2, 0.25) is 0 Å². The molecule has 1 fully saturated rings. The summed E-state index contributed by atoms with van der Waals surface area (Å²) in [4.78, 5) is 0. The highest BCUT2D eigenvalue weighted by molar-refractivity contribution is 5.98. The largest absolute Gasteiger partial charge is 0.0616 e. The quantitative estimate of drug-likeness (QED) is 0.447. The van der Waals surface area contributed by atoms with Gasteiger partial charge in [0.15, 0.2) is 0 Å². The van der Waals surface area contributed by atoms with Gasteiger partial charge in [0, 0.05) is 0 Å². The fourth-order valence-corrected chi connectivity index (χ4v) is 2.13. The topological polar surface area (TPSA) is 0 Å². The van der Waals surface area contributed by atoms with Crippen molar-refractivity contribution in [2.45, 2.75) is 25.7 Å². The lowest BCUT2D eigenvalue weighted by molar-refractivity contribution is 0.504. The lowest BCUT2D eigenvalue weighted by Gasteiger charge is -2.05. The summed E-state index contributed by atoms with van der Waals surface area (Å²) in [6.45, 7) is 0. The van der Waals surface area contributed by atoms with Crippen molar-refractivity contribution in [1.82, 2.24) is 0 Å². The first-order chi connectivity index (χ1) is 8.93. The van der Waals surface area contributed by atoms with Gasteiger partial charge in [0.1, 0.15) is 0 Å². The zero-order valence-electron chi connectivity index (χ0n) is 10.6. The standard InChI is InChI=1S/C14H10.C4H8/c1-2-6-12-10-14-8-4-3-7-13(14)9-11(12)5-1;1-2-4-3-1/h1-10H;1-4H2. The van der Waals surface area contributed by atoms with E-state index in [2.05, 4.69) is 60.7 Å². The molecule has 0 heteroatoms. The van der Waals surface area contributed by atoms with Crippen molar-refractivity contribution >= 4 is 21.5 Å². The summed E-state index contributed by atoms with van der Waals surface area (Å²) in [5.74, 6) is 0. The molecule has 90 valence electrons. The van der Waals surface area contributed by atoms with Gasteiger partial charge in [0.05, 0.1) is 0 Å². The van der Waals surface area contributed by atoms with Crippen LogP contribution >= 0.6 is 0 Å². The Morgan fingerprint density at radius 2 is 0.722 bits per heavy atom. The number of fused-ring (bicyclic) bond motifs is 2. The minimum Gasteiger partial charge on any atom is -0.0616 e. The average Bonchev–Trinajstić information content (AvgIpc) is 2.34. The molecule has 1 aliphatic rings. The van der Waals surface area contributed by atoms with E-state index in [1.807, 2.05) is 0 Å². The van der Waals surface area contributed by atoms with Crippen molar-refractivity contribution in [1.29, 1.82) is 0 Å². The summed E-state index contributed by atoms with van der Waals surface area (Å²) in [6.07, 6.45) is 6.00. The van der Waals surface area contributed by atoms with Crippen molar-refractivity contribution < 1.29 is 0 Å². The number of hydrogen-bond acceptors (Lipinski definition) is 0. The minimum atomic E-state index is 1.31. The number of rotatable bonds is 0. The SMILES string of the molecule is C1CCC1.c1ccc2cc3ccccc3cc2c1. The second-order valence-electron chi connectivity index (χ2n) is 4.96. The smallest absolute Gasteiger partial charge is 0.0178 e. The molecule has 4 rings (SSSR count). The summed E-state index contributed by atoms with van der Waals surface area (Å²) < 4.78 is 0. The van der Waals surface area contributed by atoms with Crippen molar-refractivity contribution in [2.24, 2.45) is 0 Å². The number of hydrogen-bond donors (Lipinski definition) is 0. The first kappa shape index (κ1) is 11.3. The third-order valence-corrected chi connectivity index (χ3v) is 3.61. The van der Waals surface area contributed by atoms with E-state index in [-0.39, 0.29) is 0 Å². The Morgan fingerprint density at radius 3 is 0.944 bits per heavy atom. The molecule has 0 N–H and O–H groups in total. The Bertz CT molecular complexity index is 539. The molecule has 0 saturated heterocycles. The van der Waals surface area contributed by atoms with E-state index in [4.69, 9.17) is 0 Å². The van der Waals surface area contributed by atoms with Crippen LogP contribution in [0.1, 0.15) is 25.7 Å². The predicted octanol–water partition coefficient (Wildman–Crippen LogP) is 5.55. The molecule has 3 aromatic rings. The first-order valence-electron chi connectivity index (χ1n) is 6.81. The normalized spacial score (nSPS) is 13.8. The van der Waals surface area contributed by atoms with Crippen LogP contribution in [0.25, 0.3) is 21.5 Å². The highest BCUT2D eigenvalue weighted by Crippen LogP contribution is 2.22. The van der Waals surface area contributed by atoms with E-state index in [1.54, 1.807) is 0 Å². The van der Waals surface area contributed by atoms with Crippen molar-refractivity contribution in [2.75, 3.05) is 0 Å². The summed E-state index contributed by atoms with van der Waals surface area (Å²) >= 11 is 0. The van der Waals surface area contributed by atoms with Gasteiger partial charge in [0.25, 0.3) is 0 Å². The summed E-state index contributed by atoms with van der Waals surface area (Å²) in [5, 5.41) is 5.25. The van der Waals surface area contributed by atoms with E-state index in [0.29, 0.717) is 0 Å². The molecule has 1 saturated carbocycles. The third-order valence-electron chi connectivity index (χ3n) is 3.61. The Morgan fingerprint density at radius 1 is 0.444 bits per heavy atom. The molecule has 0 atom stereocenters. The van der Waals surface area contributed by atoms with Crippen molar-refractivity contribution in [3.8, 4) is 0 Å². The van der Waals surface area contributed by atoms with Gasteiger partial charge in [-0.3, -0.25) is 0 Å². The van der Waals surface area contributed by atoms with Crippen LogP contribution in [0.5, 0.6) is 0 Å². The Balaban J connectivity index is 0.000000214. The molecule has 18 heavy (non-hydrogen) atoms. The zero-order chi connectivity index (χ0) is 12.2. The maximum absolute atomic E-state index is 2.24. The van der Waals surface area contributed by atoms with Gasteiger partial charge >= 0.3 is 0 Å². The molecule has 0 aliphatic heterocycles. The molecule has 1 aliphatic carbocycles. The van der Waals surface area contributed by atoms with Crippen LogP contribution < -0.4 is 0 Å². The van der Waals surface area contributed by atoms with Gasteiger partial charge < -0.3 is 0 Å². The molecule has 0 unspecified atom stereocenters. The zero-order valence-corrected chi connectivity index (χ0v) is 10.6. The van der Waals surface area contributed by atoms with Gasteiger partial charge in [-0.15, -0.1) is 0 Å². The fourth-order valence-electron chi connectivity index (χ4n) is 2.13. The maximum atomic E-state index is 2.24. The van der Waals surface area contributed by atoms with E-state index >= 15 is 0 Å². The monoisotopic (exact) mass is 234 g/mol. The van der Waals surface area contributed by atoms with E-state index in [0.717, 1.165) is 0 Å². The number of benzene rings is 3. The average molecular weight is 234 g/mol. The molecule has 0 aromatic heterocycles. The van der Waals surface area contributed by atoms with Crippen LogP contribution in [-0.4, -0.2) is 0 Å². The lowest BCUT2D eigenvalue weighted by atomic mass is 10.0. The van der Waals surface area contributed by atoms with E-state index < -0.39 is 0 Å². The summed E-state index contributed by atoms with van der Waals surface area (Å²) in [5.41, 5.74) is 0. The molecular formula is C18H18. The van der Waals surface area contributed by atoms with Crippen molar-refractivity contribution in [3.63, 3.8) is 0 Å². The first-order valence-corrected chi connectivity index (χ1v) is 6.81. The molecular weight excluding hydrogens is 216 g/mol. The third kappa shape index (κ3) is 2.38. The molecule has 0 bridgehead atoms. The summed E-state index contributed by atoms with van der Waals surface area (Å²) in [6, 6.07) is 21.4. The Kier molecular flexibility index (Phi) is 3.27. The van der Waals surface area contributed by atoms with Gasteiger partial charge in [-0.25, -0.2) is 0 Å². The highest BCUT2D eigenvalue weighted by atomic mass is 14.0. The lowest BCUT2D eigenvalue weighted by Crippen LogP contribution is -1.85. The van der Waals surface area contributed by atoms with Crippen LogP contribution in [0, 0.1) is 0 Å². The minimum absolute atomic E-state index is 1.31. The maximum Gasteiger partial charge on any atom is -0.0178 e. The van der Waals surface area contributed by atoms with E-state index in [9.17, 15) is 0 Å². The Hall–Kier alpha value is -1.82. The van der Waals surface area contributed by atoms with Gasteiger partial charge in [-0.2, -0.15) is 0 Å². The molecule has 3 aromatic carbocycles. The van der Waals surface area contributed by atoms with Gasteiger partial charge in [-0.05, 0) is 33.7 Å². The van der Waals surface area contributed by atoms with Gasteiger partial charge in [-0.1, -0.05) is 74.2 Å². The van der Waals surface area contributed by atoms with Crippen LogP contribution in [0.15, 0.2) is 60.7 Å². The molecule has 0 heterocycles. The highest BCUT2D eigenvalue weighted by Gasteiger charge is 1.95. The predicted molar refractivity (Wildman–Crippen MR) is 79.9 cm³/mol. The van der Waals surface area contributed by atoms with E-state index in [1.165, 1.54) is 47.2 Å².